The molecule has 4 rings (SSSR count). The van der Waals surface area contributed by atoms with Gasteiger partial charge in [-0.3, -0.25) is 0 Å². The second-order valence-electron chi connectivity index (χ2n) is 11.2. The summed E-state index contributed by atoms with van der Waals surface area (Å²) in [5.74, 6) is 4.63. The Hall–Kier alpha value is -5.34. The Labute approximate surface area is 316 Å². The van der Waals surface area contributed by atoms with Gasteiger partial charge in [-0.25, -0.2) is 23.1 Å². The van der Waals surface area contributed by atoms with E-state index in [9.17, 15) is 23.1 Å². The highest BCUT2D eigenvalue weighted by atomic mass is 32.2. The summed E-state index contributed by atoms with van der Waals surface area (Å²) >= 11 is 0.732. The lowest BCUT2D eigenvalue weighted by Gasteiger charge is -2.13. The molecule has 5 N–H and O–H groups in total. The summed E-state index contributed by atoms with van der Waals surface area (Å²) in [7, 11) is -2.76. The van der Waals surface area contributed by atoms with Crippen LogP contribution in [0.4, 0.5) is 17.1 Å². The molecule has 0 saturated heterocycles. The molecule has 0 aliphatic carbocycles. The smallest absolute Gasteiger partial charge is 0.343 e. The van der Waals surface area contributed by atoms with E-state index in [2.05, 4.69) is 32.0 Å². The zero-order valence-electron chi connectivity index (χ0n) is 29.1. The second-order valence-corrected chi connectivity index (χ2v) is 13.4. The minimum Gasteiger partial charge on any atom is -0.494 e. The third-order valence-corrected chi connectivity index (χ3v) is 9.03. The molecule has 0 radical (unpaired) electrons. The van der Waals surface area contributed by atoms with Crippen molar-refractivity contribution >= 4 is 51.1 Å². The number of hydrogen-bond donors (Lipinski definition) is 3. The van der Waals surface area contributed by atoms with Crippen molar-refractivity contribution in [2.45, 2.75) is 42.1 Å². The number of unbranched alkanes of at least 4 members (excludes halogenated alkanes) is 3. The number of aliphatic hydroxyl groups excluding tert-OH is 1. The lowest BCUT2D eigenvalue weighted by atomic mass is 10.0. The SMILES string of the molecule is C=CC(=O)OCCCCCCOc1ccc(C(=O)Oc2ccc(N=Nc3ccc(-c4ccc(N=NC)cc4SOON)c(S(N)(=O)=O)c3)cc2CO)cc1. The van der Waals surface area contributed by atoms with E-state index in [-0.39, 0.29) is 38.7 Å². The highest BCUT2D eigenvalue weighted by molar-refractivity contribution is 7.94. The number of sulfonamides is 1. The summed E-state index contributed by atoms with van der Waals surface area (Å²) < 4.78 is 46.4. The largest absolute Gasteiger partial charge is 0.494 e. The average molecular weight is 779 g/mol. The quantitative estimate of drug-likeness (QED) is 0.0117. The number of aliphatic hydroxyl groups is 1. The molecule has 0 saturated carbocycles. The summed E-state index contributed by atoms with van der Waals surface area (Å²) in [6.07, 6.45) is 4.51. The number of carbonyl (C=O) groups excluding carboxylic acids is 2. The van der Waals surface area contributed by atoms with E-state index in [4.69, 9.17) is 29.6 Å². The molecule has 0 atom stereocenters. The number of benzene rings is 4. The molecular formula is C36H38N6O10S2. The van der Waals surface area contributed by atoms with E-state index in [0.717, 1.165) is 43.8 Å². The van der Waals surface area contributed by atoms with Crippen LogP contribution in [0.15, 0.2) is 122 Å². The monoisotopic (exact) mass is 778 g/mol. The number of nitrogens with zero attached hydrogens (tertiary/aromatic N) is 4. The van der Waals surface area contributed by atoms with Crippen molar-refractivity contribution in [3.05, 3.63) is 103 Å². The fourth-order valence-corrected chi connectivity index (χ4v) is 6.18. The molecular weight excluding hydrogens is 741 g/mol. The predicted molar refractivity (Wildman–Crippen MR) is 199 cm³/mol. The van der Waals surface area contributed by atoms with Crippen LogP contribution in [-0.4, -0.2) is 45.7 Å². The van der Waals surface area contributed by atoms with Crippen LogP contribution in [0.1, 0.15) is 41.6 Å². The molecule has 284 valence electrons. The van der Waals surface area contributed by atoms with E-state index in [1.54, 1.807) is 42.5 Å². The molecule has 54 heavy (non-hydrogen) atoms. The van der Waals surface area contributed by atoms with Crippen molar-refractivity contribution < 1.29 is 46.6 Å². The van der Waals surface area contributed by atoms with Gasteiger partial charge in [-0.05, 0) is 98.0 Å². The van der Waals surface area contributed by atoms with Crippen molar-refractivity contribution in [3.8, 4) is 22.6 Å². The Morgan fingerprint density at radius 2 is 1.50 bits per heavy atom. The molecule has 0 amide bonds. The van der Waals surface area contributed by atoms with Crippen LogP contribution in [0.25, 0.3) is 11.1 Å². The van der Waals surface area contributed by atoms with E-state index in [1.165, 1.54) is 43.4 Å². The van der Waals surface area contributed by atoms with Gasteiger partial charge in [-0.1, -0.05) is 18.7 Å². The fraction of sp³-hybridized carbons (Fsp3) is 0.222. The Morgan fingerprint density at radius 3 is 2.15 bits per heavy atom. The maximum absolute atomic E-state index is 12.9. The summed E-state index contributed by atoms with van der Waals surface area (Å²) in [5, 5.41) is 31.7. The number of carbonyl (C=O) groups is 2. The normalized spacial score (nSPS) is 11.6. The first kappa shape index (κ1) is 41.4. The van der Waals surface area contributed by atoms with Crippen LogP contribution >= 0.6 is 12.0 Å². The lowest BCUT2D eigenvalue weighted by Crippen LogP contribution is -2.13. The summed E-state index contributed by atoms with van der Waals surface area (Å²) in [4.78, 5) is 28.3. The Bertz CT molecular complexity index is 2090. The number of esters is 2. The molecule has 0 heterocycles. The zero-order chi connectivity index (χ0) is 38.9. The van der Waals surface area contributed by atoms with E-state index in [0.29, 0.717) is 35.1 Å². The highest BCUT2D eigenvalue weighted by Crippen LogP contribution is 2.39. The number of azo groups is 2. The molecule has 0 aliphatic heterocycles. The van der Waals surface area contributed by atoms with Crippen molar-refractivity contribution in [3.63, 3.8) is 0 Å². The van der Waals surface area contributed by atoms with Crippen molar-refractivity contribution in [2.24, 2.45) is 31.5 Å². The van der Waals surface area contributed by atoms with Gasteiger partial charge in [-0.2, -0.15) is 26.4 Å². The molecule has 4 aromatic carbocycles. The van der Waals surface area contributed by atoms with Crippen LogP contribution in [0.2, 0.25) is 0 Å². The standard InChI is InChI=1S/C36H38N6O10S2/c1-3-35(44)49-19-7-5-4-6-18-48-29-13-8-24(9-14-29)36(45)50-32-17-12-26(20-25(32)23-43)41-42-28-11-16-31(34(22-28)54(38,46)47)30-15-10-27(40-39-2)21-33(30)53-52-51-37/h3,8-17,20-22,43H,1,4-7,18-19,23,37H2,2H3,(H2,38,46,47). The van der Waals surface area contributed by atoms with E-state index >= 15 is 0 Å². The Kier molecular flexibility index (Phi) is 15.9. The molecule has 4 aromatic rings. The molecule has 0 fully saturated rings. The summed E-state index contributed by atoms with van der Waals surface area (Å²) in [5.41, 5.74) is 2.11. The highest BCUT2D eigenvalue weighted by Gasteiger charge is 2.20. The van der Waals surface area contributed by atoms with Crippen LogP contribution in [0, 0.1) is 0 Å². The topological polar surface area (TPSA) is 236 Å². The Morgan fingerprint density at radius 1 is 0.852 bits per heavy atom. The summed E-state index contributed by atoms with van der Waals surface area (Å²) in [6.45, 7) is 3.73. The molecule has 0 aromatic heterocycles. The predicted octanol–water partition coefficient (Wildman–Crippen LogP) is 7.34. The van der Waals surface area contributed by atoms with Gasteiger partial charge in [0.25, 0.3) is 0 Å². The Balaban J connectivity index is 1.40. The van der Waals surface area contributed by atoms with Gasteiger partial charge in [0, 0.05) is 29.1 Å². The first-order valence-corrected chi connectivity index (χ1v) is 18.6. The number of rotatable bonds is 20. The van der Waals surface area contributed by atoms with E-state index in [1.807, 2.05) is 0 Å². The minimum absolute atomic E-state index is 0.117. The number of primary sulfonamides is 1. The molecule has 0 spiro atoms. The zero-order valence-corrected chi connectivity index (χ0v) is 30.8. The number of ether oxygens (including phenoxy) is 3. The van der Waals surface area contributed by atoms with Gasteiger partial charge in [0.1, 0.15) is 11.5 Å². The number of hydrogen-bond acceptors (Lipinski definition) is 16. The lowest BCUT2D eigenvalue weighted by molar-refractivity contribution is -0.195. The average Bonchev–Trinajstić information content (AvgIpc) is 3.17. The van der Waals surface area contributed by atoms with Gasteiger partial charge in [-0.15, -0.1) is 9.32 Å². The van der Waals surface area contributed by atoms with Crippen molar-refractivity contribution in [2.75, 3.05) is 20.3 Å². The first-order valence-electron chi connectivity index (χ1n) is 16.3. The van der Waals surface area contributed by atoms with Crippen LogP contribution in [-0.2, 0) is 35.5 Å². The van der Waals surface area contributed by atoms with Crippen LogP contribution in [0.3, 0.4) is 0 Å². The molecule has 0 bridgehead atoms. The molecule has 0 unspecified atom stereocenters. The maximum Gasteiger partial charge on any atom is 0.343 e. The number of nitrogens with two attached hydrogens (primary N) is 2. The molecule has 16 nitrogen and oxygen atoms in total. The fourth-order valence-electron chi connectivity index (χ4n) is 4.86. The minimum atomic E-state index is -4.26. The second kappa shape index (κ2) is 20.8. The summed E-state index contributed by atoms with van der Waals surface area (Å²) in [6, 6.07) is 20.1. The van der Waals surface area contributed by atoms with Gasteiger partial charge in [0.05, 0.1) is 59.4 Å². The third kappa shape index (κ3) is 12.4. The molecule has 18 heteroatoms. The van der Waals surface area contributed by atoms with Crippen LogP contribution < -0.4 is 20.5 Å². The first-order chi connectivity index (χ1) is 26.1. The van der Waals surface area contributed by atoms with Gasteiger partial charge >= 0.3 is 11.9 Å². The van der Waals surface area contributed by atoms with Crippen molar-refractivity contribution in [1.29, 1.82) is 0 Å². The third-order valence-electron chi connectivity index (χ3n) is 7.41. The van der Waals surface area contributed by atoms with E-state index < -0.39 is 28.6 Å². The maximum atomic E-state index is 12.9. The van der Waals surface area contributed by atoms with Gasteiger partial charge < -0.3 is 19.3 Å². The van der Waals surface area contributed by atoms with Gasteiger partial charge in [0.2, 0.25) is 10.0 Å². The van der Waals surface area contributed by atoms with Crippen molar-refractivity contribution in [1.82, 2.24) is 0 Å². The molecule has 0 aliphatic rings. The van der Waals surface area contributed by atoms with Crippen LogP contribution in [0.5, 0.6) is 11.5 Å². The van der Waals surface area contributed by atoms with Gasteiger partial charge in [0.15, 0.2) is 0 Å².